The molecule has 0 unspecified atom stereocenters. The molecular weight excluding hydrogens is 472 g/mol. The van der Waals surface area contributed by atoms with Crippen LogP contribution < -0.4 is 5.32 Å². The van der Waals surface area contributed by atoms with Crippen molar-refractivity contribution in [1.29, 1.82) is 0 Å². The Bertz CT molecular complexity index is 1360. The van der Waals surface area contributed by atoms with Crippen molar-refractivity contribution in [3.63, 3.8) is 0 Å². The third kappa shape index (κ3) is 6.01. The summed E-state index contributed by atoms with van der Waals surface area (Å²) in [6.45, 7) is 6.31. The zero-order valence-electron chi connectivity index (χ0n) is 20.6. The van der Waals surface area contributed by atoms with Crippen LogP contribution in [0.2, 0.25) is 5.02 Å². The number of nitrogens with one attached hydrogen (secondary N) is 1. The largest absolute Gasteiger partial charge is 0.329 e. The maximum absolute atomic E-state index is 13.3. The molecule has 3 aromatic carbocycles. The average Bonchev–Trinajstić information content (AvgIpc) is 3.27. The number of carbonyl (C=O) groups excluding carboxylic acids is 2. The van der Waals surface area contributed by atoms with E-state index in [9.17, 15) is 9.59 Å². The molecule has 184 valence electrons. The predicted octanol–water partition coefficient (Wildman–Crippen LogP) is 6.24. The van der Waals surface area contributed by atoms with Gasteiger partial charge in [-0.3, -0.25) is 19.5 Å². The fourth-order valence-corrected chi connectivity index (χ4v) is 4.20. The monoisotopic (exact) mass is 500 g/mol. The maximum Gasteiger partial charge on any atom is 0.254 e. The van der Waals surface area contributed by atoms with E-state index in [4.69, 9.17) is 16.6 Å². The highest BCUT2D eigenvalue weighted by atomic mass is 35.5. The van der Waals surface area contributed by atoms with Crippen LogP contribution in [0.1, 0.15) is 29.8 Å². The van der Waals surface area contributed by atoms with Crippen molar-refractivity contribution in [2.45, 2.75) is 20.8 Å². The number of hydrogen-bond acceptors (Lipinski definition) is 3. The molecule has 1 heterocycles. The predicted molar refractivity (Wildman–Crippen MR) is 145 cm³/mol. The number of benzene rings is 3. The van der Waals surface area contributed by atoms with Crippen LogP contribution >= 0.6 is 11.6 Å². The van der Waals surface area contributed by atoms with Crippen LogP contribution in [-0.2, 0) is 4.79 Å². The lowest BCUT2D eigenvalue weighted by molar-refractivity contribution is -0.117. The van der Waals surface area contributed by atoms with E-state index in [1.165, 1.54) is 0 Å². The molecule has 0 saturated heterocycles. The van der Waals surface area contributed by atoms with Gasteiger partial charge < -0.3 is 4.90 Å². The molecule has 7 heteroatoms. The quantitative estimate of drug-likeness (QED) is 0.311. The number of amides is 2. The molecule has 1 aromatic heterocycles. The summed E-state index contributed by atoms with van der Waals surface area (Å²) in [5.74, 6) is 0.0593. The summed E-state index contributed by atoms with van der Waals surface area (Å²) in [5, 5.41) is 3.49. The lowest BCUT2D eigenvalue weighted by Gasteiger charge is -2.25. The number of aromatic nitrogens is 2. The van der Waals surface area contributed by atoms with Gasteiger partial charge in [0.25, 0.3) is 5.91 Å². The maximum atomic E-state index is 13.3. The molecule has 1 N–H and O–H groups in total. The minimum absolute atomic E-state index is 0.0889. The molecule has 6 nitrogen and oxygen atoms in total. The van der Waals surface area contributed by atoms with Gasteiger partial charge in [-0.1, -0.05) is 80.0 Å². The Balaban J connectivity index is 1.63. The Labute approximate surface area is 216 Å². The van der Waals surface area contributed by atoms with E-state index < -0.39 is 0 Å². The topological polar surface area (TPSA) is 67.2 Å². The first kappa shape index (κ1) is 25.2. The van der Waals surface area contributed by atoms with E-state index in [-0.39, 0.29) is 24.3 Å². The summed E-state index contributed by atoms with van der Waals surface area (Å²) in [5.41, 5.74) is 3.87. The van der Waals surface area contributed by atoms with Crippen molar-refractivity contribution in [1.82, 2.24) is 14.5 Å². The van der Waals surface area contributed by atoms with Crippen LogP contribution in [0.15, 0.2) is 85.1 Å². The molecule has 0 aliphatic carbocycles. The molecule has 4 rings (SSSR count). The first-order chi connectivity index (χ1) is 17.3. The molecule has 0 aliphatic heterocycles. The van der Waals surface area contributed by atoms with E-state index >= 15 is 0 Å². The summed E-state index contributed by atoms with van der Waals surface area (Å²) in [6.07, 6.45) is 1.86. The second-order valence-corrected chi connectivity index (χ2v) is 9.54. The lowest BCUT2D eigenvalue weighted by atomic mass is 10.1. The van der Waals surface area contributed by atoms with Gasteiger partial charge in [0.1, 0.15) is 6.54 Å². The number of hydrogen-bond donors (Lipinski definition) is 1. The molecule has 0 bridgehead atoms. The van der Waals surface area contributed by atoms with Crippen LogP contribution in [0, 0.1) is 12.8 Å². The summed E-state index contributed by atoms with van der Waals surface area (Å²) < 4.78 is 1.79. The van der Waals surface area contributed by atoms with E-state index in [1.807, 2.05) is 87.6 Å². The van der Waals surface area contributed by atoms with Gasteiger partial charge in [-0.05, 0) is 42.7 Å². The van der Waals surface area contributed by atoms with Gasteiger partial charge in [0, 0.05) is 34.6 Å². The standard InChI is InChI=1S/C29H29ClN4O2/c1-20(2)17-33(28(36)25-15-8-7-10-21(25)3)19-27(35)32-29-31-26(22-11-5-4-6-12-22)18-34(29)24-14-9-13-23(30)16-24/h4-16,18,20H,17,19H2,1-3H3,(H,31,32,35). The lowest BCUT2D eigenvalue weighted by Crippen LogP contribution is -2.40. The minimum Gasteiger partial charge on any atom is -0.329 e. The Morgan fingerprint density at radius 3 is 2.42 bits per heavy atom. The third-order valence-corrected chi connectivity index (χ3v) is 5.93. The Morgan fingerprint density at radius 2 is 1.72 bits per heavy atom. The summed E-state index contributed by atoms with van der Waals surface area (Å²) in [4.78, 5) is 32.8. The Kier molecular flexibility index (Phi) is 7.86. The van der Waals surface area contributed by atoms with Crippen molar-refractivity contribution in [3.8, 4) is 16.9 Å². The van der Waals surface area contributed by atoms with Crippen molar-refractivity contribution in [3.05, 3.63) is 101 Å². The summed E-state index contributed by atoms with van der Waals surface area (Å²) in [6, 6.07) is 24.5. The van der Waals surface area contributed by atoms with Gasteiger partial charge in [0.2, 0.25) is 11.9 Å². The van der Waals surface area contributed by atoms with Gasteiger partial charge in [-0.2, -0.15) is 0 Å². The van der Waals surface area contributed by atoms with Crippen molar-refractivity contribution < 1.29 is 9.59 Å². The zero-order chi connectivity index (χ0) is 25.7. The van der Waals surface area contributed by atoms with E-state index in [2.05, 4.69) is 5.32 Å². The van der Waals surface area contributed by atoms with Crippen LogP contribution in [0.3, 0.4) is 0 Å². The molecule has 36 heavy (non-hydrogen) atoms. The highest BCUT2D eigenvalue weighted by Crippen LogP contribution is 2.25. The fraction of sp³-hybridized carbons (Fsp3) is 0.207. The number of rotatable bonds is 8. The average molecular weight is 501 g/mol. The molecule has 0 saturated carbocycles. The SMILES string of the molecule is Cc1ccccc1C(=O)N(CC(=O)Nc1nc(-c2ccccc2)cn1-c1cccc(Cl)c1)CC(C)C. The molecule has 2 amide bonds. The molecule has 4 aromatic rings. The number of halogens is 1. The van der Waals surface area contributed by atoms with Crippen LogP contribution in [0.4, 0.5) is 5.95 Å². The van der Waals surface area contributed by atoms with Gasteiger partial charge in [0.05, 0.1) is 5.69 Å². The van der Waals surface area contributed by atoms with Gasteiger partial charge in [-0.25, -0.2) is 4.98 Å². The smallest absolute Gasteiger partial charge is 0.254 e. The van der Waals surface area contributed by atoms with E-state index in [0.29, 0.717) is 28.8 Å². The molecule has 0 radical (unpaired) electrons. The highest BCUT2D eigenvalue weighted by Gasteiger charge is 2.22. The van der Waals surface area contributed by atoms with Crippen molar-refractivity contribution >= 4 is 29.4 Å². The number of aryl methyl sites for hydroxylation is 1. The van der Waals surface area contributed by atoms with Crippen LogP contribution in [0.25, 0.3) is 16.9 Å². The number of carbonyl (C=O) groups is 2. The normalized spacial score (nSPS) is 10.9. The Hall–Kier alpha value is -3.90. The van der Waals surface area contributed by atoms with Gasteiger partial charge >= 0.3 is 0 Å². The molecule has 0 fully saturated rings. The molecule has 0 aliphatic rings. The van der Waals surface area contributed by atoms with Gasteiger partial charge in [0.15, 0.2) is 0 Å². The minimum atomic E-state index is -0.328. The second kappa shape index (κ2) is 11.2. The number of nitrogens with zero attached hydrogens (tertiary/aromatic N) is 3. The van der Waals surface area contributed by atoms with Gasteiger partial charge in [-0.15, -0.1) is 0 Å². The number of anilines is 1. The van der Waals surface area contributed by atoms with E-state index in [1.54, 1.807) is 27.7 Å². The summed E-state index contributed by atoms with van der Waals surface area (Å²) in [7, 11) is 0. The van der Waals surface area contributed by atoms with Crippen LogP contribution in [-0.4, -0.2) is 39.4 Å². The van der Waals surface area contributed by atoms with Crippen LogP contribution in [0.5, 0.6) is 0 Å². The first-order valence-corrected chi connectivity index (χ1v) is 12.2. The highest BCUT2D eigenvalue weighted by molar-refractivity contribution is 6.30. The zero-order valence-corrected chi connectivity index (χ0v) is 21.4. The molecular formula is C29H29ClN4O2. The van der Waals surface area contributed by atoms with Crippen molar-refractivity contribution in [2.75, 3.05) is 18.4 Å². The second-order valence-electron chi connectivity index (χ2n) is 9.11. The van der Waals surface area contributed by atoms with Crippen molar-refractivity contribution in [2.24, 2.45) is 5.92 Å². The Morgan fingerprint density at radius 1 is 1.00 bits per heavy atom. The molecule has 0 spiro atoms. The third-order valence-electron chi connectivity index (χ3n) is 5.70. The first-order valence-electron chi connectivity index (χ1n) is 11.9. The molecule has 0 atom stereocenters. The van der Waals surface area contributed by atoms with E-state index in [0.717, 1.165) is 16.8 Å². The number of imidazole rings is 1. The summed E-state index contributed by atoms with van der Waals surface area (Å²) >= 11 is 6.23. The fourth-order valence-electron chi connectivity index (χ4n) is 4.02.